The molecule has 1 N–H and O–H groups in total. The molecule has 0 spiro atoms. The van der Waals surface area contributed by atoms with Gasteiger partial charge in [-0.15, -0.1) is 28.1 Å². The number of esters is 1. The van der Waals surface area contributed by atoms with Crippen molar-refractivity contribution in [3.63, 3.8) is 0 Å². The minimum atomic E-state index is -0.617. The Hall–Kier alpha value is -3.38. The molecule has 0 aliphatic rings. The molecular formula is C27H23Cl2FN4O4S2. The minimum absolute atomic E-state index is 0.0160. The molecule has 13 heteroatoms. The van der Waals surface area contributed by atoms with Crippen LogP contribution in [0.4, 0.5) is 9.39 Å². The number of nitrogens with zero attached hydrogens (tertiary/aromatic N) is 3. The van der Waals surface area contributed by atoms with Crippen LogP contribution in [-0.2, 0) is 16.1 Å². The molecule has 0 fully saturated rings. The summed E-state index contributed by atoms with van der Waals surface area (Å²) in [6, 6.07) is 10.6. The Morgan fingerprint density at radius 3 is 2.65 bits per heavy atom. The van der Waals surface area contributed by atoms with E-state index in [-0.39, 0.29) is 17.2 Å². The highest BCUT2D eigenvalue weighted by molar-refractivity contribution is 7.99. The third-order valence-electron chi connectivity index (χ3n) is 5.54. The molecule has 0 radical (unpaired) electrons. The lowest BCUT2D eigenvalue weighted by molar-refractivity contribution is -0.113. The summed E-state index contributed by atoms with van der Waals surface area (Å²) in [6.45, 7) is 5.98. The summed E-state index contributed by atoms with van der Waals surface area (Å²) in [5.74, 6) is -0.436. The number of anilines is 1. The molecule has 1 atom stereocenters. The number of ether oxygens (including phenoxy) is 2. The van der Waals surface area contributed by atoms with E-state index in [4.69, 9.17) is 32.7 Å². The first-order chi connectivity index (χ1) is 19.2. The number of benzene rings is 2. The zero-order chi connectivity index (χ0) is 28.8. The van der Waals surface area contributed by atoms with Gasteiger partial charge in [-0.1, -0.05) is 53.2 Å². The van der Waals surface area contributed by atoms with Crippen molar-refractivity contribution in [1.29, 1.82) is 0 Å². The van der Waals surface area contributed by atoms with E-state index in [2.05, 4.69) is 22.1 Å². The monoisotopic (exact) mass is 620 g/mol. The van der Waals surface area contributed by atoms with Gasteiger partial charge in [0, 0.05) is 22.5 Å². The second kappa shape index (κ2) is 13.3. The number of methoxy groups -OCH3 is 1. The fraction of sp³-hybridized carbons (Fsp3) is 0.185. The Morgan fingerprint density at radius 1 is 1.23 bits per heavy atom. The number of allylic oxidation sites excluding steroid dienone is 1. The van der Waals surface area contributed by atoms with Crippen molar-refractivity contribution in [3.8, 4) is 16.9 Å². The number of hydrogen-bond donors (Lipinski definition) is 1. The number of aromatic nitrogens is 3. The van der Waals surface area contributed by atoms with E-state index < -0.39 is 17.9 Å². The highest BCUT2D eigenvalue weighted by Crippen LogP contribution is 2.37. The molecule has 4 aromatic rings. The van der Waals surface area contributed by atoms with Crippen LogP contribution in [0.2, 0.25) is 10.0 Å². The first-order valence-electron chi connectivity index (χ1n) is 11.8. The summed E-state index contributed by atoms with van der Waals surface area (Å²) < 4.78 is 26.1. The summed E-state index contributed by atoms with van der Waals surface area (Å²) in [7, 11) is 1.26. The Labute approximate surface area is 248 Å². The highest BCUT2D eigenvalue weighted by atomic mass is 35.5. The van der Waals surface area contributed by atoms with E-state index in [1.807, 2.05) is 0 Å². The fourth-order valence-corrected chi connectivity index (χ4v) is 5.89. The number of rotatable bonds is 11. The number of hydrogen-bond acceptors (Lipinski definition) is 8. The maximum absolute atomic E-state index is 13.4. The molecule has 0 aliphatic carbocycles. The molecular weight excluding hydrogens is 598 g/mol. The molecule has 0 saturated carbocycles. The van der Waals surface area contributed by atoms with Crippen LogP contribution < -0.4 is 10.1 Å². The van der Waals surface area contributed by atoms with Crippen LogP contribution in [0.1, 0.15) is 29.2 Å². The number of carbonyl (C=O) groups excluding carboxylic acids is 2. The molecule has 40 heavy (non-hydrogen) atoms. The summed E-state index contributed by atoms with van der Waals surface area (Å²) >= 11 is 14.5. The Kier molecular flexibility index (Phi) is 9.85. The van der Waals surface area contributed by atoms with Crippen LogP contribution in [0.3, 0.4) is 0 Å². The Balaban J connectivity index is 1.48. The maximum Gasteiger partial charge on any atom is 0.341 e. The van der Waals surface area contributed by atoms with Crippen molar-refractivity contribution in [3.05, 3.63) is 87.7 Å². The second-order valence-corrected chi connectivity index (χ2v) is 10.9. The standard InChI is InChI=1S/C27H23Cl2FN4O4S2/c1-4-11-34-24(15(2)38-21-10-7-17(28)12-20(21)29)32-33-27(34)40-14-22(35)31-25-23(26(36)37-3)19(13-39-25)16-5-8-18(30)9-6-16/h4-10,12-13,15H,1,11,14H2,2-3H3,(H,31,35). The third kappa shape index (κ3) is 6.84. The number of thioether (sulfide) groups is 1. The lowest BCUT2D eigenvalue weighted by Crippen LogP contribution is -2.17. The molecule has 208 valence electrons. The molecule has 2 aromatic heterocycles. The fourth-order valence-electron chi connectivity index (χ4n) is 3.71. The van der Waals surface area contributed by atoms with E-state index in [0.29, 0.717) is 49.4 Å². The van der Waals surface area contributed by atoms with Gasteiger partial charge in [-0.3, -0.25) is 9.36 Å². The van der Waals surface area contributed by atoms with Crippen LogP contribution in [0.25, 0.3) is 11.1 Å². The summed E-state index contributed by atoms with van der Waals surface area (Å²) in [5, 5.41) is 14.6. The van der Waals surface area contributed by atoms with Crippen LogP contribution in [0, 0.1) is 5.82 Å². The van der Waals surface area contributed by atoms with Crippen molar-refractivity contribution in [1.82, 2.24) is 14.8 Å². The number of nitrogens with one attached hydrogen (secondary N) is 1. The van der Waals surface area contributed by atoms with E-state index in [9.17, 15) is 14.0 Å². The summed E-state index contributed by atoms with van der Waals surface area (Å²) in [6.07, 6.45) is 1.16. The number of thiophene rings is 1. The van der Waals surface area contributed by atoms with Gasteiger partial charge >= 0.3 is 5.97 Å². The van der Waals surface area contributed by atoms with Crippen LogP contribution in [-0.4, -0.2) is 39.5 Å². The van der Waals surface area contributed by atoms with Crippen LogP contribution in [0.15, 0.2) is 65.7 Å². The topological polar surface area (TPSA) is 95.3 Å². The number of amides is 1. The van der Waals surface area contributed by atoms with Gasteiger partial charge in [0.15, 0.2) is 17.1 Å². The Bertz CT molecular complexity index is 1540. The molecule has 2 heterocycles. The molecule has 1 unspecified atom stereocenters. The molecule has 0 aliphatic heterocycles. The molecule has 2 aromatic carbocycles. The average Bonchev–Trinajstić information content (AvgIpc) is 3.53. The van der Waals surface area contributed by atoms with Gasteiger partial charge in [0.25, 0.3) is 0 Å². The van der Waals surface area contributed by atoms with Gasteiger partial charge in [0.05, 0.1) is 17.9 Å². The van der Waals surface area contributed by atoms with Gasteiger partial charge in [-0.05, 0) is 42.8 Å². The zero-order valence-electron chi connectivity index (χ0n) is 21.3. The van der Waals surface area contributed by atoms with Crippen molar-refractivity contribution >= 4 is 63.2 Å². The zero-order valence-corrected chi connectivity index (χ0v) is 24.5. The molecule has 8 nitrogen and oxygen atoms in total. The normalized spacial score (nSPS) is 11.6. The van der Waals surface area contributed by atoms with Gasteiger partial charge < -0.3 is 14.8 Å². The van der Waals surface area contributed by atoms with E-state index >= 15 is 0 Å². The van der Waals surface area contributed by atoms with Crippen LogP contribution in [0.5, 0.6) is 5.75 Å². The quantitative estimate of drug-likeness (QED) is 0.107. The minimum Gasteiger partial charge on any atom is -0.481 e. The SMILES string of the molecule is C=CCn1c(SCC(=O)Nc2scc(-c3ccc(F)cc3)c2C(=O)OC)nnc1C(C)Oc1ccc(Cl)cc1Cl. The van der Waals surface area contributed by atoms with Crippen molar-refractivity contribution < 1.29 is 23.5 Å². The van der Waals surface area contributed by atoms with Crippen LogP contribution >= 0.6 is 46.3 Å². The first kappa shape index (κ1) is 29.6. The molecule has 4 rings (SSSR count). The van der Waals surface area contributed by atoms with Crippen molar-refractivity contribution in [2.45, 2.75) is 24.7 Å². The van der Waals surface area contributed by atoms with Gasteiger partial charge in [0.1, 0.15) is 22.1 Å². The largest absolute Gasteiger partial charge is 0.481 e. The lowest BCUT2D eigenvalue weighted by atomic mass is 10.0. The number of carbonyl (C=O) groups is 2. The molecule has 0 saturated heterocycles. The maximum atomic E-state index is 13.4. The third-order valence-corrected chi connectivity index (χ3v) is 7.93. The number of halogens is 3. The second-order valence-electron chi connectivity index (χ2n) is 8.26. The van der Waals surface area contributed by atoms with E-state index in [1.54, 1.807) is 53.3 Å². The van der Waals surface area contributed by atoms with E-state index in [0.717, 1.165) is 0 Å². The van der Waals surface area contributed by atoms with Gasteiger partial charge in [-0.25, -0.2) is 9.18 Å². The van der Waals surface area contributed by atoms with Crippen molar-refractivity contribution in [2.75, 3.05) is 18.2 Å². The van der Waals surface area contributed by atoms with Gasteiger partial charge in [0.2, 0.25) is 5.91 Å². The first-order valence-corrected chi connectivity index (χ1v) is 14.4. The lowest BCUT2D eigenvalue weighted by Gasteiger charge is -2.16. The van der Waals surface area contributed by atoms with Crippen molar-refractivity contribution in [2.24, 2.45) is 0 Å². The summed E-state index contributed by atoms with van der Waals surface area (Å²) in [4.78, 5) is 25.5. The molecule has 0 bridgehead atoms. The average molecular weight is 622 g/mol. The predicted molar refractivity (Wildman–Crippen MR) is 156 cm³/mol. The molecule has 1 amide bonds. The predicted octanol–water partition coefficient (Wildman–Crippen LogP) is 7.30. The smallest absolute Gasteiger partial charge is 0.341 e. The highest BCUT2D eigenvalue weighted by Gasteiger charge is 2.24. The Morgan fingerprint density at radius 2 is 1.98 bits per heavy atom. The van der Waals surface area contributed by atoms with Gasteiger partial charge in [-0.2, -0.15) is 0 Å². The van der Waals surface area contributed by atoms with E-state index in [1.165, 1.54) is 42.3 Å². The summed E-state index contributed by atoms with van der Waals surface area (Å²) in [5.41, 5.74) is 1.35.